The predicted octanol–water partition coefficient (Wildman–Crippen LogP) is 5.04. The van der Waals surface area contributed by atoms with E-state index in [1.807, 2.05) is 62.4 Å². The monoisotopic (exact) mass is 346 g/mol. The minimum atomic E-state index is -0.364. The highest BCUT2D eigenvalue weighted by Gasteiger charge is 2.10. The van der Waals surface area contributed by atoms with Crippen molar-refractivity contribution in [3.63, 3.8) is 0 Å². The summed E-state index contributed by atoms with van der Waals surface area (Å²) in [6.07, 6.45) is 1.69. The second-order valence-corrected chi connectivity index (χ2v) is 5.90. The minimum Gasteiger partial charge on any atom is -0.255 e. The van der Waals surface area contributed by atoms with Crippen molar-refractivity contribution in [2.45, 2.75) is 13.8 Å². The molecule has 3 aromatic rings. The Labute approximate surface area is 152 Å². The molecule has 26 heavy (non-hydrogen) atoms. The van der Waals surface area contributed by atoms with Crippen LogP contribution in [-0.4, -0.2) is 17.4 Å². The van der Waals surface area contributed by atoms with Crippen LogP contribution in [0.2, 0.25) is 0 Å². The molecule has 0 amide bonds. The molecule has 0 aliphatic heterocycles. The van der Waals surface area contributed by atoms with E-state index in [0.717, 1.165) is 22.4 Å². The van der Waals surface area contributed by atoms with E-state index in [0.29, 0.717) is 11.4 Å². The van der Waals surface area contributed by atoms with E-state index < -0.39 is 0 Å². The molecular formula is C21H19FN4. The first kappa shape index (κ1) is 17.5. The summed E-state index contributed by atoms with van der Waals surface area (Å²) in [5.74, 6) is -0.364. The van der Waals surface area contributed by atoms with Crippen molar-refractivity contribution in [3.05, 3.63) is 83.9 Å². The number of rotatable bonds is 5. The summed E-state index contributed by atoms with van der Waals surface area (Å²) in [7, 11) is 0. The van der Waals surface area contributed by atoms with E-state index in [1.165, 1.54) is 17.3 Å². The quantitative estimate of drug-likeness (QED) is 0.479. The molecule has 4 nitrogen and oxygen atoms in total. The largest absolute Gasteiger partial charge is 0.255 e. The number of anilines is 1. The number of aromatic nitrogens is 1. The molecule has 0 fully saturated rings. The van der Waals surface area contributed by atoms with Crippen molar-refractivity contribution in [1.29, 1.82) is 0 Å². The second-order valence-electron chi connectivity index (χ2n) is 5.90. The van der Waals surface area contributed by atoms with Gasteiger partial charge >= 0.3 is 0 Å². The standard InChI is InChI=1S/C21H19FN4/c1-15-7-9-17(10-8-15)18-12-19(22)14-20(13-18)26(23-3)25-16(2)21-6-4-5-11-24-21/h4-14H,3H2,1-2H3/b25-16+. The molecule has 2 aromatic carbocycles. The third-order valence-electron chi connectivity index (χ3n) is 3.91. The average molecular weight is 346 g/mol. The van der Waals surface area contributed by atoms with Gasteiger partial charge in [-0.3, -0.25) is 4.98 Å². The number of aryl methyl sites for hydroxylation is 1. The molecule has 5 heteroatoms. The highest BCUT2D eigenvalue weighted by molar-refractivity contribution is 5.97. The number of hydrazone groups is 2. The molecule has 0 radical (unpaired) electrons. The molecule has 0 saturated carbocycles. The van der Waals surface area contributed by atoms with E-state index in [-0.39, 0.29) is 5.82 Å². The molecule has 1 heterocycles. The Balaban J connectivity index is 1.99. The first-order valence-electron chi connectivity index (χ1n) is 8.18. The number of hydrogen-bond acceptors (Lipinski definition) is 4. The fourth-order valence-electron chi connectivity index (χ4n) is 2.54. The molecule has 1 aromatic heterocycles. The van der Waals surface area contributed by atoms with Crippen LogP contribution in [0.15, 0.2) is 77.1 Å². The van der Waals surface area contributed by atoms with E-state index in [9.17, 15) is 4.39 Å². The maximum absolute atomic E-state index is 14.2. The molecule has 0 aliphatic rings. The SMILES string of the molecule is C=NN(/N=C(\C)c1ccccn1)c1cc(F)cc(-c2ccc(C)cc2)c1. The van der Waals surface area contributed by atoms with Crippen LogP contribution >= 0.6 is 0 Å². The zero-order valence-electron chi connectivity index (χ0n) is 14.7. The van der Waals surface area contributed by atoms with Crippen LogP contribution in [0.4, 0.5) is 10.1 Å². The van der Waals surface area contributed by atoms with Gasteiger partial charge in [-0.15, -0.1) is 0 Å². The molecule has 0 N–H and O–H groups in total. The Morgan fingerprint density at radius 3 is 2.46 bits per heavy atom. The highest BCUT2D eigenvalue weighted by atomic mass is 19.1. The van der Waals surface area contributed by atoms with Gasteiger partial charge in [0.1, 0.15) is 5.82 Å². The van der Waals surface area contributed by atoms with Crippen molar-refractivity contribution in [2.75, 3.05) is 5.12 Å². The van der Waals surface area contributed by atoms with Gasteiger partial charge in [-0.05, 0) is 49.2 Å². The van der Waals surface area contributed by atoms with Crippen molar-refractivity contribution in [1.82, 2.24) is 4.98 Å². The van der Waals surface area contributed by atoms with Crippen LogP contribution in [0.25, 0.3) is 11.1 Å². The van der Waals surface area contributed by atoms with Crippen LogP contribution in [-0.2, 0) is 0 Å². The van der Waals surface area contributed by atoms with Gasteiger partial charge in [-0.1, -0.05) is 35.9 Å². The predicted molar refractivity (Wildman–Crippen MR) is 105 cm³/mol. The molecule has 0 atom stereocenters. The van der Waals surface area contributed by atoms with Gasteiger partial charge in [0, 0.05) is 19.0 Å². The van der Waals surface area contributed by atoms with Gasteiger partial charge in [0.25, 0.3) is 0 Å². The second kappa shape index (κ2) is 7.70. The van der Waals surface area contributed by atoms with Gasteiger partial charge in [0.15, 0.2) is 0 Å². The Hall–Kier alpha value is -3.34. The van der Waals surface area contributed by atoms with Gasteiger partial charge in [0.2, 0.25) is 0 Å². The van der Waals surface area contributed by atoms with Crippen LogP contribution in [0.3, 0.4) is 0 Å². The Morgan fingerprint density at radius 2 is 1.81 bits per heavy atom. The third-order valence-corrected chi connectivity index (χ3v) is 3.91. The molecule has 0 unspecified atom stereocenters. The van der Waals surface area contributed by atoms with Crippen molar-refractivity contribution >= 4 is 18.1 Å². The average Bonchev–Trinajstić information content (AvgIpc) is 2.66. The summed E-state index contributed by atoms with van der Waals surface area (Å²) >= 11 is 0. The Morgan fingerprint density at radius 1 is 1.04 bits per heavy atom. The van der Waals surface area contributed by atoms with E-state index in [1.54, 1.807) is 6.20 Å². The van der Waals surface area contributed by atoms with Crippen LogP contribution in [0.5, 0.6) is 0 Å². The molecule has 3 rings (SSSR count). The first-order valence-corrected chi connectivity index (χ1v) is 8.18. The molecule has 0 spiro atoms. The molecule has 130 valence electrons. The van der Waals surface area contributed by atoms with E-state index >= 15 is 0 Å². The minimum absolute atomic E-state index is 0.364. The lowest BCUT2D eigenvalue weighted by Gasteiger charge is -2.15. The molecular weight excluding hydrogens is 327 g/mol. The van der Waals surface area contributed by atoms with Crippen LogP contribution in [0, 0.1) is 12.7 Å². The zero-order valence-corrected chi connectivity index (χ0v) is 14.7. The topological polar surface area (TPSA) is 40.9 Å². The van der Waals surface area contributed by atoms with E-state index in [2.05, 4.69) is 21.9 Å². The van der Waals surface area contributed by atoms with Crippen molar-refractivity contribution < 1.29 is 4.39 Å². The van der Waals surface area contributed by atoms with Gasteiger partial charge in [-0.25, -0.2) is 4.39 Å². The molecule has 0 bridgehead atoms. The maximum atomic E-state index is 14.2. The van der Waals surface area contributed by atoms with Crippen molar-refractivity contribution in [3.8, 4) is 11.1 Å². The zero-order chi connectivity index (χ0) is 18.5. The summed E-state index contributed by atoms with van der Waals surface area (Å²) < 4.78 is 14.2. The summed E-state index contributed by atoms with van der Waals surface area (Å²) in [6, 6.07) is 18.2. The number of benzene rings is 2. The summed E-state index contributed by atoms with van der Waals surface area (Å²) in [4.78, 5) is 4.26. The lowest BCUT2D eigenvalue weighted by molar-refractivity contribution is 0.627. The van der Waals surface area contributed by atoms with Gasteiger partial charge in [0.05, 0.1) is 17.1 Å². The fraction of sp³-hybridized carbons (Fsp3) is 0.0952. The molecule has 0 saturated heterocycles. The summed E-state index contributed by atoms with van der Waals surface area (Å²) in [5, 5.41) is 9.64. The Kier molecular flexibility index (Phi) is 5.17. The Bertz CT molecular complexity index is 934. The highest BCUT2D eigenvalue weighted by Crippen LogP contribution is 2.27. The fourth-order valence-corrected chi connectivity index (χ4v) is 2.54. The van der Waals surface area contributed by atoms with Crippen molar-refractivity contribution in [2.24, 2.45) is 10.2 Å². The number of hydrogen-bond donors (Lipinski definition) is 0. The van der Waals surface area contributed by atoms with Crippen LogP contribution < -0.4 is 5.12 Å². The first-order chi connectivity index (χ1) is 12.6. The summed E-state index contributed by atoms with van der Waals surface area (Å²) in [5.41, 5.74) is 4.68. The maximum Gasteiger partial charge on any atom is 0.126 e. The van der Waals surface area contributed by atoms with Gasteiger partial charge in [-0.2, -0.15) is 15.3 Å². The lowest BCUT2D eigenvalue weighted by atomic mass is 10.0. The lowest BCUT2D eigenvalue weighted by Crippen LogP contribution is -2.12. The smallest absolute Gasteiger partial charge is 0.126 e. The summed E-state index contributed by atoms with van der Waals surface area (Å²) in [6.45, 7) is 7.39. The van der Waals surface area contributed by atoms with Crippen LogP contribution in [0.1, 0.15) is 18.2 Å². The number of nitrogens with zero attached hydrogens (tertiary/aromatic N) is 4. The van der Waals surface area contributed by atoms with E-state index in [4.69, 9.17) is 0 Å². The van der Waals surface area contributed by atoms with Gasteiger partial charge < -0.3 is 0 Å². The number of pyridine rings is 1. The normalized spacial score (nSPS) is 11.3. The molecule has 0 aliphatic carbocycles. The number of halogens is 1. The third kappa shape index (κ3) is 4.00.